The topological polar surface area (TPSA) is 112 Å². The Bertz CT molecular complexity index is 988. The quantitative estimate of drug-likeness (QED) is 0.416. The first kappa shape index (κ1) is 27.1. The van der Waals surface area contributed by atoms with Crippen molar-refractivity contribution in [2.24, 2.45) is 16.8 Å². The number of carboxylic acids is 1. The van der Waals surface area contributed by atoms with Crippen molar-refractivity contribution in [1.29, 1.82) is 0 Å². The number of aliphatic hydroxyl groups excluding tert-OH is 1. The number of nitrogens with zero attached hydrogens (tertiary/aromatic N) is 3. The summed E-state index contributed by atoms with van der Waals surface area (Å²) in [4.78, 5) is 34.2. The molecule has 37 heavy (non-hydrogen) atoms. The summed E-state index contributed by atoms with van der Waals surface area (Å²) in [6, 6.07) is 5.38. The number of hydrogen-bond donors (Lipinski definition) is 2. The Morgan fingerprint density at radius 2 is 1.97 bits per heavy atom. The lowest BCUT2D eigenvalue weighted by Crippen LogP contribution is -2.45. The number of likely N-dealkylation sites (tertiary alicyclic amines) is 1. The van der Waals surface area contributed by atoms with E-state index in [4.69, 9.17) is 9.47 Å². The molecule has 1 unspecified atom stereocenters. The van der Waals surface area contributed by atoms with E-state index in [2.05, 4.69) is 22.9 Å². The standard InChI is InChI=1S/C28H39N3O6/c1-2-3-13-30(14-4-15-32)26(33)18-31-17-22(21-6-8-24-25(16-21)37-19-36-24)27(28(34)35)23(31)7-5-20-9-11-29-12-10-20/h6,8-9,11-12,16,20,22-23,27,32H,2-5,7,10,13-15,17-19H2,1H3,(H,34,35)/t20?,22-,23+,27-/m1/s1. The molecule has 0 saturated carbocycles. The van der Waals surface area contributed by atoms with E-state index >= 15 is 0 Å². The fourth-order valence-corrected chi connectivity index (χ4v) is 5.69. The zero-order valence-corrected chi connectivity index (χ0v) is 21.6. The molecule has 0 aromatic heterocycles. The molecule has 4 atom stereocenters. The highest BCUT2D eigenvalue weighted by Crippen LogP contribution is 2.43. The minimum atomic E-state index is -0.841. The van der Waals surface area contributed by atoms with Crippen LogP contribution in [0.25, 0.3) is 0 Å². The molecule has 1 aromatic rings. The maximum absolute atomic E-state index is 13.4. The number of aliphatic imine (C=N–C) groups is 1. The maximum atomic E-state index is 13.4. The Morgan fingerprint density at radius 3 is 2.70 bits per heavy atom. The number of aliphatic carboxylic acids is 1. The molecule has 9 nitrogen and oxygen atoms in total. The SMILES string of the molecule is CCCCN(CCCO)C(=O)CN1C[C@H](c2ccc3c(c2)OCO3)[C@@H](C(=O)O)[C@@H]1CCC1C=CN=CC1. The number of carbonyl (C=O) groups is 2. The molecule has 0 spiro atoms. The number of ether oxygens (including phenoxy) is 2. The molecule has 1 aromatic carbocycles. The number of allylic oxidation sites excluding steroid dienone is 1. The van der Waals surface area contributed by atoms with Crippen molar-refractivity contribution in [1.82, 2.24) is 9.80 Å². The van der Waals surface area contributed by atoms with Gasteiger partial charge in [0.2, 0.25) is 12.7 Å². The van der Waals surface area contributed by atoms with E-state index in [0.29, 0.717) is 49.9 Å². The molecule has 1 fully saturated rings. The van der Waals surface area contributed by atoms with Crippen LogP contribution < -0.4 is 9.47 Å². The van der Waals surface area contributed by atoms with Crippen LogP contribution in [0, 0.1) is 11.8 Å². The zero-order chi connectivity index (χ0) is 26.2. The van der Waals surface area contributed by atoms with E-state index in [1.807, 2.05) is 29.3 Å². The third-order valence-electron chi connectivity index (χ3n) is 7.71. The summed E-state index contributed by atoms with van der Waals surface area (Å²) in [5.41, 5.74) is 0.893. The molecule has 3 aliphatic heterocycles. The van der Waals surface area contributed by atoms with E-state index < -0.39 is 11.9 Å². The van der Waals surface area contributed by atoms with Crippen LogP contribution in [0.5, 0.6) is 11.5 Å². The first-order chi connectivity index (χ1) is 18.0. The number of unbranched alkanes of at least 4 members (excludes halogenated alkanes) is 1. The van der Waals surface area contributed by atoms with Gasteiger partial charge >= 0.3 is 5.97 Å². The summed E-state index contributed by atoms with van der Waals surface area (Å²) in [6.07, 6.45) is 10.5. The minimum Gasteiger partial charge on any atom is -0.481 e. The lowest BCUT2D eigenvalue weighted by molar-refractivity contribution is -0.144. The molecule has 1 amide bonds. The van der Waals surface area contributed by atoms with Gasteiger partial charge in [-0.3, -0.25) is 19.5 Å². The lowest BCUT2D eigenvalue weighted by Gasteiger charge is -2.30. The Balaban J connectivity index is 1.56. The van der Waals surface area contributed by atoms with Gasteiger partial charge in [0.1, 0.15) is 0 Å². The van der Waals surface area contributed by atoms with Gasteiger partial charge in [0, 0.05) is 50.6 Å². The fraction of sp³-hybridized carbons (Fsp3) is 0.607. The number of aliphatic hydroxyl groups is 1. The van der Waals surface area contributed by atoms with E-state index in [-0.39, 0.29) is 37.8 Å². The number of rotatable bonds is 13. The molecule has 9 heteroatoms. The van der Waals surface area contributed by atoms with Gasteiger partial charge < -0.3 is 24.6 Å². The Morgan fingerprint density at radius 1 is 1.16 bits per heavy atom. The third kappa shape index (κ3) is 6.70. The van der Waals surface area contributed by atoms with E-state index in [9.17, 15) is 19.8 Å². The first-order valence-electron chi connectivity index (χ1n) is 13.4. The normalized spacial score (nSPS) is 24.5. The molecule has 0 radical (unpaired) electrons. The molecule has 4 rings (SSSR count). The van der Waals surface area contributed by atoms with Gasteiger partial charge in [-0.25, -0.2) is 0 Å². The van der Waals surface area contributed by atoms with Gasteiger partial charge in [0.25, 0.3) is 0 Å². The molecule has 202 valence electrons. The Kier molecular flexibility index (Phi) is 9.57. The average Bonchev–Trinajstić information content (AvgIpc) is 3.52. The van der Waals surface area contributed by atoms with Crippen LogP contribution in [0.15, 0.2) is 35.5 Å². The second kappa shape index (κ2) is 13.1. The van der Waals surface area contributed by atoms with Gasteiger partial charge in [-0.2, -0.15) is 0 Å². The number of amides is 1. The van der Waals surface area contributed by atoms with Crippen molar-refractivity contribution in [2.75, 3.05) is 39.6 Å². The van der Waals surface area contributed by atoms with E-state index in [1.54, 1.807) is 6.20 Å². The molecule has 3 heterocycles. The van der Waals surface area contributed by atoms with Crippen LogP contribution >= 0.6 is 0 Å². The van der Waals surface area contributed by atoms with Gasteiger partial charge in [0.15, 0.2) is 11.5 Å². The van der Waals surface area contributed by atoms with Crippen LogP contribution in [0.1, 0.15) is 56.9 Å². The van der Waals surface area contributed by atoms with Gasteiger partial charge in [-0.15, -0.1) is 0 Å². The van der Waals surface area contributed by atoms with Crippen molar-refractivity contribution in [2.45, 2.75) is 57.4 Å². The summed E-state index contributed by atoms with van der Waals surface area (Å²) in [5.74, 6) is -0.142. The first-order valence-corrected chi connectivity index (χ1v) is 13.4. The summed E-state index contributed by atoms with van der Waals surface area (Å²) in [6.45, 7) is 4.09. The van der Waals surface area contributed by atoms with Crippen LogP contribution in [0.2, 0.25) is 0 Å². The maximum Gasteiger partial charge on any atom is 0.308 e. The summed E-state index contributed by atoms with van der Waals surface area (Å²) >= 11 is 0. The van der Waals surface area contributed by atoms with E-state index in [1.165, 1.54) is 0 Å². The van der Waals surface area contributed by atoms with Crippen LogP contribution in [0.3, 0.4) is 0 Å². The Labute approximate surface area is 218 Å². The lowest BCUT2D eigenvalue weighted by atomic mass is 9.82. The third-order valence-corrected chi connectivity index (χ3v) is 7.71. The number of fused-ring (bicyclic) bond motifs is 1. The summed E-state index contributed by atoms with van der Waals surface area (Å²) in [7, 11) is 0. The molecule has 3 aliphatic rings. The van der Waals surface area contributed by atoms with E-state index in [0.717, 1.165) is 31.2 Å². The highest BCUT2D eigenvalue weighted by molar-refractivity contribution is 5.79. The summed E-state index contributed by atoms with van der Waals surface area (Å²) < 4.78 is 11.0. The van der Waals surface area contributed by atoms with Gasteiger partial charge in [-0.05, 0) is 55.7 Å². The van der Waals surface area contributed by atoms with Crippen molar-refractivity contribution >= 4 is 18.1 Å². The van der Waals surface area contributed by atoms with Crippen LogP contribution in [-0.4, -0.2) is 83.7 Å². The van der Waals surface area contributed by atoms with Crippen LogP contribution in [-0.2, 0) is 9.59 Å². The number of carboxylic acid groups (broad SMARTS) is 1. The Hall–Kier alpha value is -2.91. The molecule has 0 aliphatic carbocycles. The molecule has 1 saturated heterocycles. The molecule has 2 N–H and O–H groups in total. The predicted octanol–water partition coefficient (Wildman–Crippen LogP) is 3.28. The zero-order valence-electron chi connectivity index (χ0n) is 21.6. The van der Waals surface area contributed by atoms with Crippen molar-refractivity contribution in [3.05, 3.63) is 36.0 Å². The number of benzene rings is 1. The largest absolute Gasteiger partial charge is 0.481 e. The predicted molar refractivity (Wildman–Crippen MR) is 140 cm³/mol. The monoisotopic (exact) mass is 513 g/mol. The number of hydrogen-bond acceptors (Lipinski definition) is 7. The van der Waals surface area contributed by atoms with Crippen molar-refractivity contribution < 1.29 is 29.3 Å². The minimum absolute atomic E-state index is 0.00734. The van der Waals surface area contributed by atoms with Crippen molar-refractivity contribution in [3.8, 4) is 11.5 Å². The average molecular weight is 514 g/mol. The van der Waals surface area contributed by atoms with Crippen LogP contribution in [0.4, 0.5) is 0 Å². The second-order valence-corrected chi connectivity index (χ2v) is 10.1. The fourth-order valence-electron chi connectivity index (χ4n) is 5.69. The van der Waals surface area contributed by atoms with Gasteiger partial charge in [0.05, 0.1) is 12.5 Å². The van der Waals surface area contributed by atoms with Gasteiger partial charge in [-0.1, -0.05) is 25.5 Å². The molecule has 0 bridgehead atoms. The smallest absolute Gasteiger partial charge is 0.308 e. The van der Waals surface area contributed by atoms with Crippen molar-refractivity contribution in [3.63, 3.8) is 0 Å². The molecular formula is C28H39N3O6. The summed E-state index contributed by atoms with van der Waals surface area (Å²) in [5, 5.41) is 19.7. The highest BCUT2D eigenvalue weighted by atomic mass is 16.7. The second-order valence-electron chi connectivity index (χ2n) is 10.1. The molecular weight excluding hydrogens is 474 g/mol. The number of carbonyl (C=O) groups excluding carboxylic acids is 1. The highest BCUT2D eigenvalue weighted by Gasteiger charge is 2.47.